The number of imidazole rings is 1. The summed E-state index contributed by atoms with van der Waals surface area (Å²) in [4.78, 5) is 4.56. The first-order valence-electron chi connectivity index (χ1n) is 6.32. The molecule has 0 atom stereocenters. The number of nitrogen functional groups attached to an aromatic ring is 2. The molecule has 0 unspecified atom stereocenters. The van der Waals surface area contributed by atoms with Gasteiger partial charge in [0, 0.05) is 12.0 Å². The van der Waals surface area contributed by atoms with Crippen molar-refractivity contribution in [1.82, 2.24) is 9.66 Å². The Balaban J connectivity index is 2.30. The summed E-state index contributed by atoms with van der Waals surface area (Å²) < 4.78 is 1.47. The number of nitrogens with two attached hydrogens (primary N) is 2. The van der Waals surface area contributed by atoms with Crippen LogP contribution in [0, 0.1) is 0 Å². The summed E-state index contributed by atoms with van der Waals surface area (Å²) in [6, 6.07) is 14.3. The van der Waals surface area contributed by atoms with Crippen LogP contribution in [0.5, 0.6) is 0 Å². The van der Waals surface area contributed by atoms with E-state index in [1.807, 2.05) is 31.2 Å². The molecule has 0 amide bonds. The van der Waals surface area contributed by atoms with Crippen LogP contribution in [0.4, 0.5) is 5.82 Å². The normalized spacial score (nSPS) is 11.0. The Morgan fingerprint density at radius 1 is 1.11 bits per heavy atom. The van der Waals surface area contributed by atoms with Crippen molar-refractivity contribution in [2.45, 2.75) is 13.3 Å². The second-order valence-electron chi connectivity index (χ2n) is 4.51. The second-order valence-corrected chi connectivity index (χ2v) is 4.51. The van der Waals surface area contributed by atoms with E-state index >= 15 is 0 Å². The van der Waals surface area contributed by atoms with Gasteiger partial charge in [-0.3, -0.25) is 0 Å². The summed E-state index contributed by atoms with van der Waals surface area (Å²) >= 11 is 0. The molecule has 0 aliphatic carbocycles. The van der Waals surface area contributed by atoms with E-state index in [0.29, 0.717) is 5.82 Å². The minimum atomic E-state index is 0.508. The molecule has 4 N–H and O–H groups in total. The lowest BCUT2D eigenvalue weighted by molar-refractivity contribution is 0.865. The van der Waals surface area contributed by atoms with E-state index in [1.54, 1.807) is 0 Å². The summed E-state index contributed by atoms with van der Waals surface area (Å²) in [7, 11) is 0. The predicted molar refractivity (Wildman–Crippen MR) is 79.1 cm³/mol. The van der Waals surface area contributed by atoms with Crippen LogP contribution in [0.25, 0.3) is 22.0 Å². The van der Waals surface area contributed by atoms with Gasteiger partial charge in [-0.25, -0.2) is 9.66 Å². The quantitative estimate of drug-likeness (QED) is 0.689. The highest BCUT2D eigenvalue weighted by Gasteiger charge is 2.15. The zero-order valence-electron chi connectivity index (χ0n) is 10.8. The van der Waals surface area contributed by atoms with E-state index in [4.69, 9.17) is 11.6 Å². The van der Waals surface area contributed by atoms with Crippen LogP contribution >= 0.6 is 0 Å². The van der Waals surface area contributed by atoms with Crippen LogP contribution in [0.2, 0.25) is 0 Å². The van der Waals surface area contributed by atoms with Gasteiger partial charge in [-0.15, -0.1) is 0 Å². The minimum absolute atomic E-state index is 0.508. The van der Waals surface area contributed by atoms with Gasteiger partial charge in [0.1, 0.15) is 11.5 Å². The number of nitrogens with zero attached hydrogens (tertiary/aromatic N) is 2. The van der Waals surface area contributed by atoms with E-state index in [1.165, 1.54) is 10.1 Å². The first kappa shape index (κ1) is 11.6. The Hall–Kier alpha value is -2.49. The summed E-state index contributed by atoms with van der Waals surface area (Å²) in [5.41, 5.74) is 7.86. The zero-order valence-corrected chi connectivity index (χ0v) is 10.8. The lowest BCUT2D eigenvalue weighted by Gasteiger charge is -2.05. The second kappa shape index (κ2) is 4.31. The minimum Gasteiger partial charge on any atom is -0.382 e. The molecular formula is C15H16N4. The van der Waals surface area contributed by atoms with Crippen LogP contribution in [0.15, 0.2) is 42.5 Å². The monoisotopic (exact) mass is 252 g/mol. The fraction of sp³-hybridized carbons (Fsp3) is 0.133. The fourth-order valence-electron chi connectivity index (χ4n) is 2.37. The number of rotatable bonds is 2. The summed E-state index contributed by atoms with van der Waals surface area (Å²) in [6.07, 6.45) is 0.755. The lowest BCUT2D eigenvalue weighted by Crippen LogP contribution is -2.14. The molecule has 4 heteroatoms. The summed E-state index contributed by atoms with van der Waals surface area (Å²) in [5, 5.41) is 2.31. The third-order valence-electron chi connectivity index (χ3n) is 3.38. The van der Waals surface area contributed by atoms with Crippen molar-refractivity contribution in [3.63, 3.8) is 0 Å². The SMILES string of the molecule is CCc1nc(-c2cccc3ccccc23)c(N)n1N. The molecule has 0 aliphatic heterocycles. The molecule has 0 spiro atoms. The van der Waals surface area contributed by atoms with Gasteiger partial charge in [-0.2, -0.15) is 0 Å². The Labute approximate surface area is 111 Å². The molecule has 4 nitrogen and oxygen atoms in total. The van der Waals surface area contributed by atoms with Gasteiger partial charge in [-0.1, -0.05) is 49.4 Å². The van der Waals surface area contributed by atoms with Crippen molar-refractivity contribution in [2.24, 2.45) is 0 Å². The maximum Gasteiger partial charge on any atom is 0.150 e. The maximum absolute atomic E-state index is 6.08. The zero-order chi connectivity index (χ0) is 13.4. The van der Waals surface area contributed by atoms with E-state index < -0.39 is 0 Å². The number of benzene rings is 2. The standard InChI is InChI=1S/C15H16N4/c1-2-13-18-14(15(16)19(13)17)12-9-5-7-10-6-3-4-8-11(10)12/h3-9H,2,16-17H2,1H3. The van der Waals surface area contributed by atoms with Gasteiger partial charge in [0.05, 0.1) is 0 Å². The van der Waals surface area contributed by atoms with Crippen molar-refractivity contribution in [3.8, 4) is 11.3 Å². The van der Waals surface area contributed by atoms with E-state index in [-0.39, 0.29) is 0 Å². The Morgan fingerprint density at radius 2 is 1.84 bits per heavy atom. The molecular weight excluding hydrogens is 236 g/mol. The smallest absolute Gasteiger partial charge is 0.150 e. The topological polar surface area (TPSA) is 69.9 Å². The predicted octanol–water partition coefficient (Wildman–Crippen LogP) is 2.56. The number of hydrogen-bond donors (Lipinski definition) is 2. The van der Waals surface area contributed by atoms with Crippen LogP contribution in [0.1, 0.15) is 12.7 Å². The number of hydrogen-bond acceptors (Lipinski definition) is 3. The van der Waals surface area contributed by atoms with Crippen molar-refractivity contribution in [1.29, 1.82) is 0 Å². The van der Waals surface area contributed by atoms with Crippen LogP contribution in [0.3, 0.4) is 0 Å². The van der Waals surface area contributed by atoms with Crippen molar-refractivity contribution in [3.05, 3.63) is 48.3 Å². The number of fused-ring (bicyclic) bond motifs is 1. The molecule has 1 aromatic heterocycles. The highest BCUT2D eigenvalue weighted by Crippen LogP contribution is 2.31. The molecule has 19 heavy (non-hydrogen) atoms. The van der Waals surface area contributed by atoms with Crippen LogP contribution < -0.4 is 11.6 Å². The van der Waals surface area contributed by atoms with Crippen molar-refractivity contribution >= 4 is 16.6 Å². The van der Waals surface area contributed by atoms with Gasteiger partial charge >= 0.3 is 0 Å². The molecule has 0 saturated carbocycles. The van der Waals surface area contributed by atoms with Crippen molar-refractivity contribution < 1.29 is 0 Å². The third kappa shape index (κ3) is 1.73. The molecule has 0 radical (unpaired) electrons. The number of anilines is 1. The summed E-state index contributed by atoms with van der Waals surface area (Å²) in [5.74, 6) is 7.22. The molecule has 96 valence electrons. The molecule has 0 fully saturated rings. The van der Waals surface area contributed by atoms with Crippen molar-refractivity contribution in [2.75, 3.05) is 11.6 Å². The number of aromatic nitrogens is 2. The molecule has 3 aromatic rings. The van der Waals surface area contributed by atoms with E-state index in [2.05, 4.69) is 23.2 Å². The Morgan fingerprint density at radius 3 is 2.58 bits per heavy atom. The van der Waals surface area contributed by atoms with Gasteiger partial charge in [0.2, 0.25) is 0 Å². The number of aryl methyl sites for hydroxylation is 1. The largest absolute Gasteiger partial charge is 0.382 e. The van der Waals surface area contributed by atoms with Gasteiger partial charge < -0.3 is 11.6 Å². The molecule has 0 bridgehead atoms. The van der Waals surface area contributed by atoms with Gasteiger partial charge in [-0.05, 0) is 10.8 Å². The Kier molecular flexibility index (Phi) is 2.63. The van der Waals surface area contributed by atoms with E-state index in [9.17, 15) is 0 Å². The molecule has 0 saturated heterocycles. The molecule has 3 rings (SSSR count). The highest BCUT2D eigenvalue weighted by atomic mass is 15.4. The lowest BCUT2D eigenvalue weighted by atomic mass is 10.0. The van der Waals surface area contributed by atoms with Gasteiger partial charge in [0.15, 0.2) is 5.82 Å². The highest BCUT2D eigenvalue weighted by molar-refractivity contribution is 5.97. The average Bonchev–Trinajstić information content (AvgIpc) is 2.74. The molecule has 1 heterocycles. The van der Waals surface area contributed by atoms with Crippen LogP contribution in [-0.4, -0.2) is 9.66 Å². The van der Waals surface area contributed by atoms with Gasteiger partial charge in [0.25, 0.3) is 0 Å². The first-order chi connectivity index (χ1) is 9.22. The maximum atomic E-state index is 6.08. The Bertz CT molecular complexity index is 738. The average molecular weight is 252 g/mol. The summed E-state index contributed by atoms with van der Waals surface area (Å²) in [6.45, 7) is 2.01. The van der Waals surface area contributed by atoms with E-state index in [0.717, 1.165) is 28.9 Å². The molecule has 2 aromatic carbocycles. The fourth-order valence-corrected chi connectivity index (χ4v) is 2.37. The molecule has 0 aliphatic rings. The van der Waals surface area contributed by atoms with Crippen LogP contribution in [-0.2, 0) is 6.42 Å². The first-order valence-corrected chi connectivity index (χ1v) is 6.32. The third-order valence-corrected chi connectivity index (χ3v) is 3.38.